The Morgan fingerprint density at radius 1 is 1.15 bits per heavy atom. The Balaban J connectivity index is 1.16. The van der Waals surface area contributed by atoms with Gasteiger partial charge in [0.2, 0.25) is 0 Å². The average Bonchev–Trinajstić information content (AvgIpc) is 3.42. The van der Waals surface area contributed by atoms with E-state index in [0.717, 1.165) is 49.0 Å². The van der Waals surface area contributed by atoms with Crippen molar-refractivity contribution in [3.05, 3.63) is 53.3 Å². The first kappa shape index (κ1) is 16.2. The van der Waals surface area contributed by atoms with Gasteiger partial charge in [0.25, 0.3) is 0 Å². The van der Waals surface area contributed by atoms with Gasteiger partial charge in [-0.1, -0.05) is 12.1 Å². The fourth-order valence-electron chi connectivity index (χ4n) is 3.62. The lowest BCUT2D eigenvalue weighted by Gasteiger charge is -2.40. The number of nitrogens with zero attached hydrogens (tertiary/aromatic N) is 6. The van der Waals surface area contributed by atoms with Gasteiger partial charge in [-0.3, -0.25) is 0 Å². The van der Waals surface area contributed by atoms with Gasteiger partial charge in [0.05, 0.1) is 11.6 Å². The molecule has 136 valence electrons. The summed E-state index contributed by atoms with van der Waals surface area (Å²) in [6, 6.07) is 14.0. The van der Waals surface area contributed by atoms with E-state index >= 15 is 0 Å². The fraction of sp³-hybridized carbons (Fsp3) is 0.400. The van der Waals surface area contributed by atoms with E-state index in [1.54, 1.807) is 0 Å². The first-order valence-corrected chi connectivity index (χ1v) is 9.47. The van der Waals surface area contributed by atoms with E-state index in [-0.39, 0.29) is 0 Å². The van der Waals surface area contributed by atoms with Crippen molar-refractivity contribution in [2.75, 3.05) is 24.5 Å². The van der Waals surface area contributed by atoms with Gasteiger partial charge in [-0.15, -0.1) is 15.3 Å². The summed E-state index contributed by atoms with van der Waals surface area (Å²) < 4.78 is 1.92. The molecule has 0 radical (unpaired) electrons. The second-order valence-electron chi connectivity index (χ2n) is 7.51. The van der Waals surface area contributed by atoms with Crippen LogP contribution in [-0.4, -0.2) is 39.4 Å². The highest BCUT2D eigenvalue weighted by Crippen LogP contribution is 2.38. The minimum atomic E-state index is 0.538. The lowest BCUT2D eigenvalue weighted by Crippen LogP contribution is -2.51. The molecule has 1 saturated carbocycles. The lowest BCUT2D eigenvalue weighted by molar-refractivity contribution is 0.381. The largest absolute Gasteiger partial charge is 0.354 e. The molecule has 1 aliphatic heterocycles. The SMILES string of the molecule is N#Cc1cccc(CNCC2CN(c3ccc4nnc(C5CC5)n4n3)C2)c1. The van der Waals surface area contributed by atoms with Crippen LogP contribution in [0.25, 0.3) is 5.65 Å². The number of benzene rings is 1. The van der Waals surface area contributed by atoms with Crippen LogP contribution in [0.5, 0.6) is 0 Å². The topological polar surface area (TPSA) is 82.1 Å². The summed E-state index contributed by atoms with van der Waals surface area (Å²) in [5.41, 5.74) is 2.70. The molecule has 0 unspecified atom stereocenters. The quantitative estimate of drug-likeness (QED) is 0.726. The molecule has 0 spiro atoms. The van der Waals surface area contributed by atoms with Gasteiger partial charge in [-0.2, -0.15) is 9.78 Å². The molecule has 7 heteroatoms. The normalized spacial score (nSPS) is 17.1. The molecule has 3 aromatic rings. The van der Waals surface area contributed by atoms with Gasteiger partial charge in [0.15, 0.2) is 11.5 Å². The van der Waals surface area contributed by atoms with Crippen LogP contribution in [0.15, 0.2) is 36.4 Å². The zero-order valence-electron chi connectivity index (χ0n) is 15.0. The van der Waals surface area contributed by atoms with Crippen molar-refractivity contribution in [3.63, 3.8) is 0 Å². The van der Waals surface area contributed by atoms with Crippen molar-refractivity contribution < 1.29 is 0 Å². The van der Waals surface area contributed by atoms with E-state index in [1.807, 2.05) is 34.8 Å². The fourth-order valence-corrected chi connectivity index (χ4v) is 3.62. The molecular formula is C20H21N7. The Bertz CT molecular complexity index is 1010. The molecule has 1 aliphatic carbocycles. The highest BCUT2D eigenvalue weighted by molar-refractivity contribution is 5.47. The summed E-state index contributed by atoms with van der Waals surface area (Å²) in [5.74, 6) is 3.16. The van der Waals surface area contributed by atoms with Crippen LogP contribution >= 0.6 is 0 Å². The number of hydrogen-bond donors (Lipinski definition) is 1. The van der Waals surface area contributed by atoms with Crippen molar-refractivity contribution in [1.82, 2.24) is 25.1 Å². The van der Waals surface area contributed by atoms with E-state index < -0.39 is 0 Å². The third-order valence-corrected chi connectivity index (χ3v) is 5.31. The Kier molecular flexibility index (Phi) is 3.98. The van der Waals surface area contributed by atoms with Crippen molar-refractivity contribution in [1.29, 1.82) is 5.26 Å². The molecule has 0 amide bonds. The number of aromatic nitrogens is 4. The molecule has 5 rings (SSSR count). The first-order chi connectivity index (χ1) is 13.3. The molecule has 2 fully saturated rings. The maximum Gasteiger partial charge on any atom is 0.178 e. The Morgan fingerprint density at radius 2 is 2.04 bits per heavy atom. The number of rotatable bonds is 6. The zero-order valence-corrected chi connectivity index (χ0v) is 15.0. The standard InChI is InChI=1S/C20H21N7/c21-9-14-2-1-3-15(8-14)10-22-11-16-12-26(13-16)19-7-6-18-23-24-20(17-4-5-17)27(18)25-19/h1-3,6-8,16-17,22H,4-5,10-13H2. The van der Waals surface area contributed by atoms with Gasteiger partial charge in [0, 0.05) is 38.0 Å². The van der Waals surface area contributed by atoms with E-state index in [1.165, 1.54) is 12.8 Å². The second-order valence-corrected chi connectivity index (χ2v) is 7.51. The summed E-state index contributed by atoms with van der Waals surface area (Å²) in [6.45, 7) is 3.77. The monoisotopic (exact) mass is 359 g/mol. The first-order valence-electron chi connectivity index (χ1n) is 9.47. The summed E-state index contributed by atoms with van der Waals surface area (Å²) >= 11 is 0. The Labute approximate surface area is 157 Å². The van der Waals surface area contributed by atoms with Gasteiger partial charge < -0.3 is 10.2 Å². The summed E-state index contributed by atoms with van der Waals surface area (Å²) in [6.07, 6.45) is 2.39. The second kappa shape index (κ2) is 6.63. The van der Waals surface area contributed by atoms with Crippen LogP contribution in [0, 0.1) is 17.2 Å². The van der Waals surface area contributed by atoms with E-state index in [9.17, 15) is 0 Å². The summed E-state index contributed by atoms with van der Waals surface area (Å²) in [4.78, 5) is 2.30. The van der Waals surface area contributed by atoms with Gasteiger partial charge in [-0.25, -0.2) is 0 Å². The van der Waals surface area contributed by atoms with Crippen LogP contribution < -0.4 is 10.2 Å². The Hall–Kier alpha value is -2.98. The van der Waals surface area contributed by atoms with E-state index in [2.05, 4.69) is 32.5 Å². The molecule has 3 heterocycles. The summed E-state index contributed by atoms with van der Waals surface area (Å²) in [5, 5.41) is 25.8. The molecule has 2 aliphatic rings. The van der Waals surface area contributed by atoms with Gasteiger partial charge >= 0.3 is 0 Å². The van der Waals surface area contributed by atoms with Crippen LogP contribution in [0.3, 0.4) is 0 Å². The maximum atomic E-state index is 8.97. The molecular weight excluding hydrogens is 338 g/mol. The maximum absolute atomic E-state index is 8.97. The van der Waals surface area contributed by atoms with E-state index in [0.29, 0.717) is 17.4 Å². The number of anilines is 1. The number of fused-ring (bicyclic) bond motifs is 1. The van der Waals surface area contributed by atoms with Crippen LogP contribution in [-0.2, 0) is 6.54 Å². The van der Waals surface area contributed by atoms with Crippen LogP contribution in [0.4, 0.5) is 5.82 Å². The lowest BCUT2D eigenvalue weighted by atomic mass is 10.00. The molecule has 1 N–H and O–H groups in total. The van der Waals surface area contributed by atoms with Crippen molar-refractivity contribution >= 4 is 11.5 Å². The highest BCUT2D eigenvalue weighted by Gasteiger charge is 2.31. The molecule has 7 nitrogen and oxygen atoms in total. The zero-order chi connectivity index (χ0) is 18.2. The Morgan fingerprint density at radius 3 is 2.85 bits per heavy atom. The van der Waals surface area contributed by atoms with Crippen LogP contribution in [0.1, 0.15) is 35.7 Å². The number of nitriles is 1. The smallest absolute Gasteiger partial charge is 0.178 e. The van der Waals surface area contributed by atoms with Gasteiger partial charge in [0.1, 0.15) is 5.82 Å². The average molecular weight is 359 g/mol. The molecule has 27 heavy (non-hydrogen) atoms. The number of hydrogen-bond acceptors (Lipinski definition) is 6. The molecule has 0 atom stereocenters. The highest BCUT2D eigenvalue weighted by atomic mass is 15.4. The third kappa shape index (κ3) is 3.24. The predicted molar refractivity (Wildman–Crippen MR) is 101 cm³/mol. The molecule has 0 bridgehead atoms. The van der Waals surface area contributed by atoms with Gasteiger partial charge in [-0.05, 0) is 42.7 Å². The predicted octanol–water partition coefficient (Wildman–Crippen LogP) is 2.10. The molecule has 1 aromatic carbocycles. The van der Waals surface area contributed by atoms with Crippen molar-refractivity contribution in [3.8, 4) is 6.07 Å². The third-order valence-electron chi connectivity index (χ3n) is 5.31. The number of nitrogens with one attached hydrogen (secondary N) is 1. The minimum Gasteiger partial charge on any atom is -0.354 e. The van der Waals surface area contributed by atoms with Crippen LogP contribution in [0.2, 0.25) is 0 Å². The van der Waals surface area contributed by atoms with Crippen molar-refractivity contribution in [2.45, 2.75) is 25.3 Å². The van der Waals surface area contributed by atoms with Crippen molar-refractivity contribution in [2.24, 2.45) is 5.92 Å². The molecule has 1 saturated heterocycles. The summed E-state index contributed by atoms with van der Waals surface area (Å²) in [7, 11) is 0. The molecule has 2 aromatic heterocycles. The van der Waals surface area contributed by atoms with E-state index in [4.69, 9.17) is 10.4 Å². The minimum absolute atomic E-state index is 0.538.